The number of anilines is 1. The molecule has 0 saturated carbocycles. The summed E-state index contributed by atoms with van der Waals surface area (Å²) >= 11 is 0. The molecule has 0 amide bonds. The van der Waals surface area contributed by atoms with Gasteiger partial charge in [-0.25, -0.2) is 0 Å². The molecule has 0 aliphatic heterocycles. The van der Waals surface area contributed by atoms with E-state index in [2.05, 4.69) is 4.98 Å². The Morgan fingerprint density at radius 3 is 2.60 bits per heavy atom. The molecule has 0 fully saturated rings. The van der Waals surface area contributed by atoms with E-state index >= 15 is 0 Å². The first-order chi connectivity index (χ1) is 9.59. The molecule has 3 nitrogen and oxygen atoms in total. The number of nitrogen functional groups attached to an aromatic ring is 1. The van der Waals surface area contributed by atoms with E-state index in [0.29, 0.717) is 16.8 Å². The number of aromatic amines is 1. The van der Waals surface area contributed by atoms with Crippen molar-refractivity contribution in [2.45, 2.75) is 13.8 Å². The van der Waals surface area contributed by atoms with E-state index in [1.165, 1.54) is 0 Å². The Morgan fingerprint density at radius 1 is 1.05 bits per heavy atom. The van der Waals surface area contributed by atoms with Crippen molar-refractivity contribution in [2.24, 2.45) is 0 Å². The molecule has 0 aliphatic rings. The number of aromatic nitrogens is 1. The Balaban J connectivity index is 2.21. The van der Waals surface area contributed by atoms with Gasteiger partial charge < -0.3 is 10.7 Å². The average Bonchev–Trinajstić information content (AvgIpc) is 2.86. The van der Waals surface area contributed by atoms with Crippen molar-refractivity contribution in [3.8, 4) is 0 Å². The molecule has 3 heteroatoms. The number of H-pyrrole nitrogens is 1. The molecule has 20 heavy (non-hydrogen) atoms. The summed E-state index contributed by atoms with van der Waals surface area (Å²) in [5.41, 5.74) is 10.8. The first kappa shape index (κ1) is 12.5. The van der Waals surface area contributed by atoms with Crippen LogP contribution in [0, 0.1) is 13.8 Å². The molecule has 3 aromatic rings. The zero-order valence-corrected chi connectivity index (χ0v) is 11.5. The van der Waals surface area contributed by atoms with Gasteiger partial charge in [0.2, 0.25) is 0 Å². The van der Waals surface area contributed by atoms with Crippen LogP contribution >= 0.6 is 0 Å². The van der Waals surface area contributed by atoms with Gasteiger partial charge in [-0.2, -0.15) is 0 Å². The zero-order chi connectivity index (χ0) is 14.3. The highest BCUT2D eigenvalue weighted by Gasteiger charge is 2.17. The lowest BCUT2D eigenvalue weighted by atomic mass is 9.96. The lowest BCUT2D eigenvalue weighted by molar-refractivity contribution is 0.103. The van der Waals surface area contributed by atoms with Crippen LogP contribution in [0.1, 0.15) is 27.0 Å². The molecule has 3 rings (SSSR count). The largest absolute Gasteiger partial charge is 0.398 e. The van der Waals surface area contributed by atoms with Crippen molar-refractivity contribution in [1.29, 1.82) is 0 Å². The molecule has 0 radical (unpaired) electrons. The molecule has 1 aromatic heterocycles. The van der Waals surface area contributed by atoms with Crippen molar-refractivity contribution in [2.75, 3.05) is 5.73 Å². The summed E-state index contributed by atoms with van der Waals surface area (Å²) in [5.74, 6) is 0.00958. The number of hydrogen-bond donors (Lipinski definition) is 2. The molecule has 0 unspecified atom stereocenters. The predicted octanol–water partition coefficient (Wildman–Crippen LogP) is 3.60. The molecular formula is C17H16N2O. The number of fused-ring (bicyclic) bond motifs is 1. The van der Waals surface area contributed by atoms with Crippen LogP contribution in [0.4, 0.5) is 5.69 Å². The summed E-state index contributed by atoms with van der Waals surface area (Å²) in [6.45, 7) is 3.89. The van der Waals surface area contributed by atoms with Crippen LogP contribution in [-0.4, -0.2) is 10.8 Å². The molecule has 0 aliphatic carbocycles. The minimum Gasteiger partial charge on any atom is -0.398 e. The van der Waals surface area contributed by atoms with Crippen LogP contribution in [0.2, 0.25) is 0 Å². The number of benzene rings is 2. The van der Waals surface area contributed by atoms with Crippen molar-refractivity contribution >= 4 is 22.4 Å². The highest BCUT2D eigenvalue weighted by molar-refractivity contribution is 6.17. The van der Waals surface area contributed by atoms with Gasteiger partial charge in [0.1, 0.15) is 0 Å². The van der Waals surface area contributed by atoms with Crippen LogP contribution in [-0.2, 0) is 0 Å². The minimum absolute atomic E-state index is 0.00958. The molecule has 0 saturated heterocycles. The average molecular weight is 264 g/mol. The van der Waals surface area contributed by atoms with Crippen molar-refractivity contribution in [1.82, 2.24) is 4.98 Å². The van der Waals surface area contributed by atoms with Crippen LogP contribution in [0.3, 0.4) is 0 Å². The summed E-state index contributed by atoms with van der Waals surface area (Å²) in [5, 5.41) is 0.985. The van der Waals surface area contributed by atoms with Gasteiger partial charge >= 0.3 is 0 Å². The normalized spacial score (nSPS) is 10.9. The second kappa shape index (κ2) is 4.53. The number of nitrogens with one attached hydrogen (secondary N) is 1. The summed E-state index contributed by atoms with van der Waals surface area (Å²) in [7, 11) is 0. The quantitative estimate of drug-likeness (QED) is 0.549. The Labute approximate surface area is 117 Å². The monoisotopic (exact) mass is 264 g/mol. The first-order valence-corrected chi connectivity index (χ1v) is 6.56. The molecule has 2 aromatic carbocycles. The number of rotatable bonds is 2. The Morgan fingerprint density at radius 2 is 1.80 bits per heavy atom. The fourth-order valence-corrected chi connectivity index (χ4v) is 2.59. The first-order valence-electron chi connectivity index (χ1n) is 6.56. The maximum Gasteiger partial charge on any atom is 0.195 e. The van der Waals surface area contributed by atoms with Crippen LogP contribution in [0.15, 0.2) is 42.6 Å². The van der Waals surface area contributed by atoms with E-state index < -0.39 is 0 Å². The molecule has 0 atom stereocenters. The highest BCUT2D eigenvalue weighted by atomic mass is 16.1. The summed E-state index contributed by atoms with van der Waals surface area (Å²) in [6.07, 6.45) is 1.78. The Hall–Kier alpha value is -2.55. The molecule has 100 valence electrons. The third-order valence-electron chi connectivity index (χ3n) is 3.78. The molecule has 0 bridgehead atoms. The molecule has 1 heterocycles. The maximum absolute atomic E-state index is 12.8. The van der Waals surface area contributed by atoms with Gasteiger partial charge in [-0.1, -0.05) is 24.3 Å². The number of carbonyl (C=O) groups excluding carboxylic acids is 1. The van der Waals surface area contributed by atoms with E-state index in [4.69, 9.17) is 5.73 Å². The van der Waals surface area contributed by atoms with E-state index in [-0.39, 0.29) is 5.78 Å². The minimum atomic E-state index is 0.00958. The molecular weight excluding hydrogens is 248 g/mol. The van der Waals surface area contributed by atoms with Gasteiger partial charge in [-0.3, -0.25) is 4.79 Å². The molecule has 0 spiro atoms. The summed E-state index contributed by atoms with van der Waals surface area (Å²) in [6, 6.07) is 11.4. The van der Waals surface area contributed by atoms with Gasteiger partial charge in [-0.15, -0.1) is 0 Å². The number of ketones is 1. The van der Waals surface area contributed by atoms with Crippen LogP contribution in [0.25, 0.3) is 10.9 Å². The standard InChI is InChI=1S/C17H16N2O/c1-10-5-3-8-15-16(10)13(9-19-15)17(20)12-6-4-7-14(18)11(12)2/h3-9,19H,18H2,1-2H3. The van der Waals surface area contributed by atoms with Crippen molar-refractivity contribution in [3.63, 3.8) is 0 Å². The SMILES string of the molecule is Cc1c(N)cccc1C(=O)c1c[nH]c2cccc(C)c12. The summed E-state index contributed by atoms with van der Waals surface area (Å²) in [4.78, 5) is 15.9. The third kappa shape index (κ3) is 1.79. The number of hydrogen-bond acceptors (Lipinski definition) is 2. The van der Waals surface area contributed by atoms with Crippen molar-refractivity contribution in [3.05, 3.63) is 64.8 Å². The van der Waals surface area contributed by atoms with Gasteiger partial charge in [0.15, 0.2) is 5.78 Å². The second-order valence-corrected chi connectivity index (χ2v) is 5.05. The highest BCUT2D eigenvalue weighted by Crippen LogP contribution is 2.26. The Bertz CT molecular complexity index is 815. The number of aryl methyl sites for hydroxylation is 1. The topological polar surface area (TPSA) is 58.9 Å². The Kier molecular flexibility index (Phi) is 2.83. The van der Waals surface area contributed by atoms with Gasteiger partial charge in [0.25, 0.3) is 0 Å². The second-order valence-electron chi connectivity index (χ2n) is 5.05. The van der Waals surface area contributed by atoms with Crippen LogP contribution in [0.5, 0.6) is 0 Å². The van der Waals surface area contributed by atoms with Crippen LogP contribution < -0.4 is 5.73 Å². The number of carbonyl (C=O) groups is 1. The smallest absolute Gasteiger partial charge is 0.195 e. The maximum atomic E-state index is 12.8. The lowest BCUT2D eigenvalue weighted by Gasteiger charge is -2.07. The fourth-order valence-electron chi connectivity index (χ4n) is 2.59. The van der Waals surface area contributed by atoms with E-state index in [9.17, 15) is 4.79 Å². The van der Waals surface area contributed by atoms with E-state index in [0.717, 1.165) is 22.0 Å². The molecule has 3 N–H and O–H groups in total. The third-order valence-corrected chi connectivity index (χ3v) is 3.78. The fraction of sp³-hybridized carbons (Fsp3) is 0.118. The van der Waals surface area contributed by atoms with Crippen molar-refractivity contribution < 1.29 is 4.79 Å². The van der Waals surface area contributed by atoms with Gasteiger partial charge in [0.05, 0.1) is 0 Å². The van der Waals surface area contributed by atoms with E-state index in [1.54, 1.807) is 6.20 Å². The number of nitrogens with two attached hydrogens (primary N) is 1. The zero-order valence-electron chi connectivity index (χ0n) is 11.5. The predicted molar refractivity (Wildman–Crippen MR) is 82.1 cm³/mol. The van der Waals surface area contributed by atoms with E-state index in [1.807, 2.05) is 50.2 Å². The van der Waals surface area contributed by atoms with Gasteiger partial charge in [-0.05, 0) is 37.1 Å². The summed E-state index contributed by atoms with van der Waals surface area (Å²) < 4.78 is 0. The van der Waals surface area contributed by atoms with Gasteiger partial charge in [0, 0.05) is 33.9 Å². The lowest BCUT2D eigenvalue weighted by Crippen LogP contribution is -2.05.